The average Bonchev–Trinajstić information content (AvgIpc) is 2.41. The maximum atomic E-state index is 13.8. The van der Waals surface area contributed by atoms with Crippen molar-refractivity contribution in [2.45, 2.75) is 24.6 Å². The predicted molar refractivity (Wildman–Crippen MR) is 74.4 cm³/mol. The summed E-state index contributed by atoms with van der Waals surface area (Å²) in [6.07, 6.45) is 0. The summed E-state index contributed by atoms with van der Waals surface area (Å²) in [5.41, 5.74) is 0.673. The third-order valence-corrected chi connectivity index (χ3v) is 4.16. The highest BCUT2D eigenvalue weighted by atomic mass is 35.5. The van der Waals surface area contributed by atoms with Gasteiger partial charge in [0.2, 0.25) is 0 Å². The van der Waals surface area contributed by atoms with Crippen LogP contribution in [0.1, 0.15) is 30.4 Å². The van der Waals surface area contributed by atoms with Crippen molar-refractivity contribution in [3.8, 4) is 0 Å². The maximum Gasteiger partial charge on any atom is 0.128 e. The summed E-state index contributed by atoms with van der Waals surface area (Å²) in [6.45, 7) is 3.84. The van der Waals surface area contributed by atoms with Gasteiger partial charge in [-0.3, -0.25) is 0 Å². The van der Waals surface area contributed by atoms with E-state index in [4.69, 9.17) is 11.6 Å². The van der Waals surface area contributed by atoms with Gasteiger partial charge in [0.15, 0.2) is 0 Å². The van der Waals surface area contributed by atoms with Gasteiger partial charge < -0.3 is 0 Å². The Bertz CT molecular complexity index is 564. The van der Waals surface area contributed by atoms with E-state index in [0.29, 0.717) is 0 Å². The number of hydrogen-bond acceptors (Lipinski definition) is 0. The lowest BCUT2D eigenvalue weighted by Gasteiger charge is -2.31. The molecule has 2 aromatic carbocycles. The molecule has 0 spiro atoms. The molecule has 0 aromatic heterocycles. The molecule has 0 radical (unpaired) electrons. The van der Waals surface area contributed by atoms with Crippen LogP contribution in [0.3, 0.4) is 0 Å². The Morgan fingerprint density at radius 1 is 1.00 bits per heavy atom. The Hall–Kier alpha value is -1.41. The first-order chi connectivity index (χ1) is 8.93. The van der Waals surface area contributed by atoms with Crippen LogP contribution < -0.4 is 0 Å². The summed E-state index contributed by atoms with van der Waals surface area (Å²) < 4.78 is 27.1. The van der Waals surface area contributed by atoms with E-state index in [0.717, 1.165) is 23.8 Å². The Labute approximate surface area is 117 Å². The predicted octanol–water partition coefficient (Wildman–Crippen LogP) is 5.22. The van der Waals surface area contributed by atoms with Gasteiger partial charge in [0.05, 0.1) is 5.38 Å². The minimum atomic E-state index is -0.648. The van der Waals surface area contributed by atoms with Gasteiger partial charge in [-0.2, -0.15) is 0 Å². The van der Waals surface area contributed by atoms with Crippen LogP contribution in [0.15, 0.2) is 48.5 Å². The first kappa shape index (κ1) is 14.0. The van der Waals surface area contributed by atoms with Crippen LogP contribution in [0.2, 0.25) is 0 Å². The van der Waals surface area contributed by atoms with Crippen LogP contribution in [0.4, 0.5) is 8.78 Å². The molecule has 0 aliphatic carbocycles. The zero-order valence-corrected chi connectivity index (χ0v) is 11.6. The van der Waals surface area contributed by atoms with E-state index >= 15 is 0 Å². The van der Waals surface area contributed by atoms with Crippen molar-refractivity contribution in [3.05, 3.63) is 71.3 Å². The number of alkyl halides is 1. The van der Waals surface area contributed by atoms with Gasteiger partial charge in [-0.05, 0) is 23.8 Å². The topological polar surface area (TPSA) is 0 Å². The fourth-order valence-corrected chi connectivity index (χ4v) is 2.40. The summed E-state index contributed by atoms with van der Waals surface area (Å²) in [4.78, 5) is 0. The molecule has 3 heteroatoms. The quantitative estimate of drug-likeness (QED) is 0.676. The molecule has 100 valence electrons. The minimum Gasteiger partial charge on any atom is -0.207 e. The summed E-state index contributed by atoms with van der Waals surface area (Å²) in [5, 5.41) is -0.648. The second-order valence-corrected chi connectivity index (χ2v) is 5.55. The fraction of sp³-hybridized carbons (Fsp3) is 0.250. The monoisotopic (exact) mass is 280 g/mol. The molecule has 2 aromatic rings. The molecule has 0 fully saturated rings. The maximum absolute atomic E-state index is 13.8. The SMILES string of the molecule is CC(C)(c1ccccc1)C(Cl)c1cc(F)ccc1F. The molecule has 0 aliphatic rings. The number of halogens is 3. The molecule has 1 atom stereocenters. The van der Waals surface area contributed by atoms with Crippen molar-refractivity contribution in [1.82, 2.24) is 0 Å². The van der Waals surface area contributed by atoms with E-state index in [1.165, 1.54) is 0 Å². The molecule has 0 N–H and O–H groups in total. The van der Waals surface area contributed by atoms with E-state index in [-0.39, 0.29) is 5.56 Å². The van der Waals surface area contributed by atoms with Gasteiger partial charge in [0, 0.05) is 11.0 Å². The summed E-state index contributed by atoms with van der Waals surface area (Å²) in [6, 6.07) is 13.0. The van der Waals surface area contributed by atoms with Crippen LogP contribution in [0.5, 0.6) is 0 Å². The Balaban J connectivity index is 2.43. The normalized spacial score (nSPS) is 13.3. The van der Waals surface area contributed by atoms with Gasteiger partial charge in [-0.25, -0.2) is 8.78 Å². The van der Waals surface area contributed by atoms with E-state index < -0.39 is 22.4 Å². The number of rotatable bonds is 3. The molecule has 0 aliphatic heterocycles. The molecule has 0 saturated carbocycles. The zero-order valence-electron chi connectivity index (χ0n) is 10.8. The first-order valence-corrected chi connectivity index (χ1v) is 6.51. The molecule has 0 amide bonds. The standard InChI is InChI=1S/C16H15ClF2/c1-16(2,11-6-4-3-5-7-11)15(17)13-10-12(18)8-9-14(13)19/h3-10,15H,1-2H3. The van der Waals surface area contributed by atoms with Crippen molar-refractivity contribution in [3.63, 3.8) is 0 Å². The molecule has 2 rings (SSSR count). The fourth-order valence-electron chi connectivity index (χ4n) is 2.11. The van der Waals surface area contributed by atoms with Crippen molar-refractivity contribution in [2.24, 2.45) is 0 Å². The zero-order chi connectivity index (χ0) is 14.0. The molecule has 0 nitrogen and oxygen atoms in total. The van der Waals surface area contributed by atoms with Gasteiger partial charge >= 0.3 is 0 Å². The Morgan fingerprint density at radius 3 is 2.26 bits per heavy atom. The Kier molecular flexibility index (Phi) is 3.91. The highest BCUT2D eigenvalue weighted by Gasteiger charge is 2.32. The average molecular weight is 281 g/mol. The van der Waals surface area contributed by atoms with Crippen LogP contribution in [0, 0.1) is 11.6 Å². The number of benzene rings is 2. The van der Waals surface area contributed by atoms with Gasteiger partial charge in [0.25, 0.3) is 0 Å². The first-order valence-electron chi connectivity index (χ1n) is 6.07. The van der Waals surface area contributed by atoms with Crippen molar-refractivity contribution in [2.75, 3.05) is 0 Å². The molecule has 0 saturated heterocycles. The second-order valence-electron chi connectivity index (χ2n) is 5.12. The van der Waals surface area contributed by atoms with Crippen LogP contribution in [-0.2, 0) is 5.41 Å². The molecule has 19 heavy (non-hydrogen) atoms. The molecule has 0 heterocycles. The van der Waals surface area contributed by atoms with Gasteiger partial charge in [-0.15, -0.1) is 11.6 Å². The lowest BCUT2D eigenvalue weighted by Crippen LogP contribution is -2.24. The highest BCUT2D eigenvalue weighted by molar-refractivity contribution is 6.21. The van der Waals surface area contributed by atoms with Gasteiger partial charge in [-0.1, -0.05) is 44.2 Å². The second kappa shape index (κ2) is 5.30. The largest absolute Gasteiger partial charge is 0.207 e. The number of hydrogen-bond donors (Lipinski definition) is 0. The Morgan fingerprint density at radius 2 is 1.63 bits per heavy atom. The summed E-state index contributed by atoms with van der Waals surface area (Å²) >= 11 is 6.40. The molecular formula is C16H15ClF2. The van der Waals surface area contributed by atoms with E-state index in [2.05, 4.69) is 0 Å². The van der Waals surface area contributed by atoms with E-state index in [1.54, 1.807) is 0 Å². The van der Waals surface area contributed by atoms with Gasteiger partial charge in [0.1, 0.15) is 11.6 Å². The smallest absolute Gasteiger partial charge is 0.128 e. The van der Waals surface area contributed by atoms with Crippen LogP contribution in [-0.4, -0.2) is 0 Å². The molecule has 1 unspecified atom stereocenters. The van der Waals surface area contributed by atoms with E-state index in [9.17, 15) is 8.78 Å². The molecular weight excluding hydrogens is 266 g/mol. The lowest BCUT2D eigenvalue weighted by molar-refractivity contribution is 0.480. The lowest BCUT2D eigenvalue weighted by atomic mass is 9.78. The summed E-state index contributed by atoms with van der Waals surface area (Å²) in [5.74, 6) is -0.962. The van der Waals surface area contributed by atoms with Crippen molar-refractivity contribution in [1.29, 1.82) is 0 Å². The summed E-state index contributed by atoms with van der Waals surface area (Å²) in [7, 11) is 0. The minimum absolute atomic E-state index is 0.190. The molecule has 0 bridgehead atoms. The van der Waals surface area contributed by atoms with Crippen molar-refractivity contribution >= 4 is 11.6 Å². The van der Waals surface area contributed by atoms with E-state index in [1.807, 2.05) is 44.2 Å². The highest BCUT2D eigenvalue weighted by Crippen LogP contribution is 2.42. The third kappa shape index (κ3) is 2.79. The van der Waals surface area contributed by atoms with Crippen LogP contribution in [0.25, 0.3) is 0 Å². The van der Waals surface area contributed by atoms with Crippen molar-refractivity contribution < 1.29 is 8.78 Å². The van der Waals surface area contributed by atoms with Crippen LogP contribution >= 0.6 is 11.6 Å². The third-order valence-electron chi connectivity index (χ3n) is 3.38.